The smallest absolute Gasteiger partial charge is 0.254 e. The molecule has 0 spiro atoms. The maximum atomic E-state index is 12.8. The van der Waals surface area contributed by atoms with Crippen LogP contribution < -0.4 is 21.5 Å². The first-order valence-corrected chi connectivity index (χ1v) is 16.1. The second-order valence-corrected chi connectivity index (χ2v) is 11.8. The maximum absolute atomic E-state index is 12.8. The van der Waals surface area contributed by atoms with E-state index in [4.69, 9.17) is 26.0 Å². The zero-order chi connectivity index (χ0) is 30.7. The third kappa shape index (κ3) is 7.98. The summed E-state index contributed by atoms with van der Waals surface area (Å²) in [6.07, 6.45) is 9.46. The Morgan fingerprint density at radius 1 is 0.886 bits per heavy atom. The largest absolute Gasteiger partial charge is 0.457 e. The van der Waals surface area contributed by atoms with Gasteiger partial charge in [0, 0.05) is 31.8 Å². The van der Waals surface area contributed by atoms with Crippen LogP contribution in [0, 0.1) is 5.92 Å². The van der Waals surface area contributed by atoms with E-state index in [1.54, 1.807) is 0 Å². The van der Waals surface area contributed by atoms with Gasteiger partial charge in [-0.3, -0.25) is 9.59 Å². The van der Waals surface area contributed by atoms with Gasteiger partial charge in [-0.1, -0.05) is 43.9 Å². The number of unbranched alkanes of at least 4 members (excludes halogenated alkanes) is 5. The van der Waals surface area contributed by atoms with Crippen molar-refractivity contribution in [3.05, 3.63) is 60.2 Å². The van der Waals surface area contributed by atoms with E-state index in [2.05, 4.69) is 5.32 Å². The normalized spacial score (nSPS) is 16.8. The monoisotopic (exact) mass is 602 g/mol. The predicted octanol–water partition coefficient (Wildman–Crippen LogP) is 5.35. The van der Waals surface area contributed by atoms with Crippen LogP contribution in [-0.4, -0.2) is 65.9 Å². The molecule has 10 heteroatoms. The van der Waals surface area contributed by atoms with Crippen molar-refractivity contribution in [3.63, 3.8) is 0 Å². The van der Waals surface area contributed by atoms with Crippen molar-refractivity contribution in [1.29, 1.82) is 0 Å². The van der Waals surface area contributed by atoms with Crippen LogP contribution in [0.2, 0.25) is 0 Å². The summed E-state index contributed by atoms with van der Waals surface area (Å²) in [7, 11) is 0. The Balaban J connectivity index is 1.16. The van der Waals surface area contributed by atoms with E-state index in [0.29, 0.717) is 48.4 Å². The molecule has 2 amide bonds. The number of hydrogen-bond donors (Lipinski definition) is 3. The molecule has 0 unspecified atom stereocenters. The standard InChI is InChI=1S/C34H46N6O4/c35-19-8-3-1-2-4-9-23-43-24-30(41)39-21-17-25(18-22-39)29-16-20-37-34-31(33(36)42)32(38-40(29)34)26-12-14-28(15-13-26)44-27-10-6-5-7-11-27/h5-7,10-15,25,29,37H,1-4,8-9,16-24,35H2,(H2,36,42)/t29-/m0/s1. The molecule has 1 fully saturated rings. The molecule has 44 heavy (non-hydrogen) atoms. The molecule has 0 aliphatic carbocycles. The molecule has 2 aromatic carbocycles. The van der Waals surface area contributed by atoms with Gasteiger partial charge in [0.25, 0.3) is 5.91 Å². The van der Waals surface area contributed by atoms with Crippen LogP contribution >= 0.6 is 0 Å². The first-order chi connectivity index (χ1) is 21.5. The Morgan fingerprint density at radius 3 is 2.27 bits per heavy atom. The van der Waals surface area contributed by atoms with E-state index in [1.807, 2.05) is 64.2 Å². The molecule has 236 valence electrons. The van der Waals surface area contributed by atoms with Crippen LogP contribution in [0.25, 0.3) is 11.3 Å². The summed E-state index contributed by atoms with van der Waals surface area (Å²) >= 11 is 0. The number of benzene rings is 2. The van der Waals surface area contributed by atoms with Crippen molar-refractivity contribution < 1.29 is 19.1 Å². The van der Waals surface area contributed by atoms with E-state index in [9.17, 15) is 9.59 Å². The van der Waals surface area contributed by atoms with Crippen molar-refractivity contribution in [1.82, 2.24) is 14.7 Å². The third-order valence-corrected chi connectivity index (χ3v) is 8.71. The number of para-hydroxylation sites is 1. The predicted molar refractivity (Wildman–Crippen MR) is 172 cm³/mol. The van der Waals surface area contributed by atoms with Crippen LogP contribution in [0.15, 0.2) is 54.6 Å². The molecule has 3 aromatic rings. The fourth-order valence-corrected chi connectivity index (χ4v) is 6.32. The highest BCUT2D eigenvalue weighted by Gasteiger charge is 2.36. The van der Waals surface area contributed by atoms with Crippen molar-refractivity contribution in [3.8, 4) is 22.8 Å². The Hall–Kier alpha value is -3.89. The first kappa shape index (κ1) is 31.5. The van der Waals surface area contributed by atoms with Gasteiger partial charge in [-0.15, -0.1) is 0 Å². The van der Waals surface area contributed by atoms with Gasteiger partial charge in [0.15, 0.2) is 0 Å². The Bertz CT molecular complexity index is 1350. The molecule has 2 aliphatic heterocycles. The average molecular weight is 603 g/mol. The Kier molecular flexibility index (Phi) is 11.3. The summed E-state index contributed by atoms with van der Waals surface area (Å²) in [5.74, 6) is 2.03. The number of hydrogen-bond acceptors (Lipinski definition) is 7. The second kappa shape index (κ2) is 15.7. The number of carbonyl (C=O) groups excluding carboxylic acids is 2. The highest BCUT2D eigenvalue weighted by atomic mass is 16.5. The fraction of sp³-hybridized carbons (Fsp3) is 0.500. The van der Waals surface area contributed by atoms with E-state index in [0.717, 1.165) is 62.9 Å². The van der Waals surface area contributed by atoms with Crippen LogP contribution in [0.3, 0.4) is 0 Å². The van der Waals surface area contributed by atoms with Gasteiger partial charge in [-0.25, -0.2) is 4.68 Å². The number of amides is 2. The summed E-state index contributed by atoms with van der Waals surface area (Å²) in [6.45, 7) is 3.68. The average Bonchev–Trinajstić information content (AvgIpc) is 3.45. The van der Waals surface area contributed by atoms with Crippen LogP contribution in [0.5, 0.6) is 11.5 Å². The minimum atomic E-state index is -0.508. The lowest BCUT2D eigenvalue weighted by Gasteiger charge is -2.38. The number of anilines is 1. The number of nitrogens with two attached hydrogens (primary N) is 2. The highest BCUT2D eigenvalue weighted by Crippen LogP contribution is 2.40. The van der Waals surface area contributed by atoms with Crippen LogP contribution in [-0.2, 0) is 9.53 Å². The van der Waals surface area contributed by atoms with Crippen LogP contribution in [0.1, 0.15) is 74.2 Å². The lowest BCUT2D eigenvalue weighted by Crippen LogP contribution is -2.43. The molecule has 0 bridgehead atoms. The number of fused-ring (bicyclic) bond motifs is 1. The molecule has 0 saturated carbocycles. The maximum Gasteiger partial charge on any atom is 0.254 e. The zero-order valence-corrected chi connectivity index (χ0v) is 25.6. The molecule has 10 nitrogen and oxygen atoms in total. The number of piperidine rings is 1. The van der Waals surface area contributed by atoms with Crippen molar-refractivity contribution in [2.75, 3.05) is 44.7 Å². The van der Waals surface area contributed by atoms with E-state index in [1.165, 1.54) is 19.3 Å². The minimum absolute atomic E-state index is 0.0643. The van der Waals surface area contributed by atoms with Gasteiger partial charge in [-0.05, 0) is 81.0 Å². The lowest BCUT2D eigenvalue weighted by atomic mass is 9.87. The van der Waals surface area contributed by atoms with Gasteiger partial charge in [0.1, 0.15) is 35.2 Å². The lowest BCUT2D eigenvalue weighted by molar-refractivity contribution is -0.137. The molecule has 5 N–H and O–H groups in total. The summed E-state index contributed by atoms with van der Waals surface area (Å²) in [5, 5.41) is 8.34. The van der Waals surface area contributed by atoms with Crippen molar-refractivity contribution in [2.24, 2.45) is 17.4 Å². The van der Waals surface area contributed by atoms with E-state index < -0.39 is 5.91 Å². The van der Waals surface area contributed by atoms with Gasteiger partial charge in [0.05, 0.1) is 6.04 Å². The van der Waals surface area contributed by atoms with Crippen molar-refractivity contribution >= 4 is 17.6 Å². The molecule has 3 heterocycles. The van der Waals surface area contributed by atoms with Gasteiger partial charge < -0.3 is 31.2 Å². The van der Waals surface area contributed by atoms with Gasteiger partial charge in [0.2, 0.25) is 5.91 Å². The SMILES string of the molecule is NCCCCCCCCOCC(=O)N1CCC([C@@H]2CCNc3c(C(N)=O)c(-c4ccc(Oc5ccccc5)cc4)nn32)CC1. The zero-order valence-electron chi connectivity index (χ0n) is 25.6. The highest BCUT2D eigenvalue weighted by molar-refractivity contribution is 6.03. The number of nitrogens with one attached hydrogen (secondary N) is 1. The summed E-state index contributed by atoms with van der Waals surface area (Å²) in [4.78, 5) is 27.4. The molecular weight excluding hydrogens is 556 g/mol. The molecule has 5 rings (SSSR count). The quantitative estimate of drug-likeness (QED) is 0.199. The minimum Gasteiger partial charge on any atom is -0.457 e. The van der Waals surface area contributed by atoms with Gasteiger partial charge in [-0.2, -0.15) is 5.10 Å². The second-order valence-electron chi connectivity index (χ2n) is 11.8. The number of carbonyl (C=O) groups is 2. The number of rotatable bonds is 15. The Labute approximate surface area is 260 Å². The van der Waals surface area contributed by atoms with Gasteiger partial charge >= 0.3 is 0 Å². The number of aromatic nitrogens is 2. The molecular formula is C34H46N6O4. The van der Waals surface area contributed by atoms with Crippen LogP contribution in [0.4, 0.5) is 5.82 Å². The summed E-state index contributed by atoms with van der Waals surface area (Å²) < 4.78 is 13.6. The number of nitrogens with zero attached hydrogens (tertiary/aromatic N) is 3. The Morgan fingerprint density at radius 2 is 1.57 bits per heavy atom. The molecule has 0 radical (unpaired) electrons. The number of ether oxygens (including phenoxy) is 2. The first-order valence-electron chi connectivity index (χ1n) is 16.1. The summed E-state index contributed by atoms with van der Waals surface area (Å²) in [6, 6.07) is 17.3. The topological polar surface area (TPSA) is 138 Å². The van der Waals surface area contributed by atoms with Crippen molar-refractivity contribution in [2.45, 2.75) is 63.8 Å². The fourth-order valence-electron chi connectivity index (χ4n) is 6.32. The molecule has 2 aliphatic rings. The molecule has 1 atom stereocenters. The third-order valence-electron chi connectivity index (χ3n) is 8.71. The molecule has 1 saturated heterocycles. The van der Waals surface area contributed by atoms with E-state index in [-0.39, 0.29) is 18.6 Å². The number of likely N-dealkylation sites (tertiary alicyclic amines) is 1. The summed E-state index contributed by atoms with van der Waals surface area (Å²) in [5.41, 5.74) is 13.2. The molecule has 1 aromatic heterocycles. The number of primary amides is 1. The van der Waals surface area contributed by atoms with E-state index >= 15 is 0 Å².